The van der Waals surface area contributed by atoms with Gasteiger partial charge in [0.2, 0.25) is 0 Å². The van der Waals surface area contributed by atoms with E-state index in [9.17, 15) is 0 Å². The van der Waals surface area contributed by atoms with Gasteiger partial charge in [-0.25, -0.2) is 4.98 Å². The summed E-state index contributed by atoms with van der Waals surface area (Å²) in [6, 6.07) is 0. The number of thioether (sulfide) groups is 1. The van der Waals surface area contributed by atoms with Gasteiger partial charge in [-0.15, -0.1) is 0 Å². The highest BCUT2D eigenvalue weighted by atomic mass is 32.2. The first-order chi connectivity index (χ1) is 7.63. The first kappa shape index (κ1) is 13.5. The van der Waals surface area contributed by atoms with E-state index in [1.165, 1.54) is 0 Å². The Balaban J connectivity index is 2.23. The second kappa shape index (κ2) is 6.93. The number of aryl methyl sites for hydroxylation is 1. The van der Waals surface area contributed by atoms with Crippen LogP contribution in [0.4, 0.5) is 0 Å². The fourth-order valence-electron chi connectivity index (χ4n) is 1.29. The van der Waals surface area contributed by atoms with Crippen LogP contribution in [-0.2, 0) is 18.1 Å². The van der Waals surface area contributed by atoms with Crippen molar-refractivity contribution in [2.75, 3.05) is 12.4 Å². The van der Waals surface area contributed by atoms with Crippen LogP contribution in [0.2, 0.25) is 0 Å². The molecule has 4 nitrogen and oxygen atoms in total. The lowest BCUT2D eigenvalue weighted by atomic mass is 10.5. The first-order valence-electron chi connectivity index (χ1n) is 5.46. The number of nitrogens with zero attached hydrogens (tertiary/aromatic N) is 2. The normalized spacial score (nSPS) is 11.3. The number of ether oxygens (including phenoxy) is 1. The summed E-state index contributed by atoms with van der Waals surface area (Å²) in [5, 5.41) is 9.58. The number of aliphatic hydroxyl groups is 1. The molecule has 0 aliphatic carbocycles. The molecular formula is C11H20N2O2S. The third-order valence-corrected chi connectivity index (χ3v) is 3.17. The molecule has 0 atom stereocenters. The Kier molecular flexibility index (Phi) is 5.87. The van der Waals surface area contributed by atoms with E-state index in [0.717, 1.165) is 18.2 Å². The van der Waals surface area contributed by atoms with Crippen molar-refractivity contribution in [1.29, 1.82) is 0 Å². The minimum Gasteiger partial charge on any atom is -0.390 e. The summed E-state index contributed by atoms with van der Waals surface area (Å²) in [6.07, 6.45) is 1.82. The van der Waals surface area contributed by atoms with Gasteiger partial charge in [-0.3, -0.25) is 0 Å². The minimum absolute atomic E-state index is 0.0168. The SMILES string of the molecule is Cc1nc(CO)cn1COCCSC(C)C. The van der Waals surface area contributed by atoms with E-state index in [-0.39, 0.29) is 6.61 Å². The van der Waals surface area contributed by atoms with Crippen molar-refractivity contribution < 1.29 is 9.84 Å². The summed E-state index contributed by atoms with van der Waals surface area (Å²) in [4.78, 5) is 4.18. The largest absolute Gasteiger partial charge is 0.390 e. The lowest BCUT2D eigenvalue weighted by Gasteiger charge is -2.07. The van der Waals surface area contributed by atoms with Crippen molar-refractivity contribution in [2.24, 2.45) is 0 Å². The summed E-state index contributed by atoms with van der Waals surface area (Å²) < 4.78 is 7.44. The maximum atomic E-state index is 8.93. The highest BCUT2D eigenvalue weighted by molar-refractivity contribution is 7.99. The maximum absolute atomic E-state index is 8.93. The van der Waals surface area contributed by atoms with Crippen molar-refractivity contribution in [3.05, 3.63) is 17.7 Å². The van der Waals surface area contributed by atoms with E-state index >= 15 is 0 Å². The molecule has 0 bridgehead atoms. The van der Waals surface area contributed by atoms with Crippen LogP contribution in [-0.4, -0.2) is 32.3 Å². The topological polar surface area (TPSA) is 47.3 Å². The summed E-state index contributed by atoms with van der Waals surface area (Å²) in [6.45, 7) is 7.51. The number of hydrogen-bond donors (Lipinski definition) is 1. The van der Waals surface area contributed by atoms with E-state index in [1.54, 1.807) is 0 Å². The van der Waals surface area contributed by atoms with Gasteiger partial charge in [-0.1, -0.05) is 13.8 Å². The average molecular weight is 244 g/mol. The molecule has 0 aliphatic rings. The summed E-state index contributed by atoms with van der Waals surface area (Å²) in [7, 11) is 0. The molecule has 0 aromatic carbocycles. The molecule has 16 heavy (non-hydrogen) atoms. The van der Waals surface area contributed by atoms with Crippen molar-refractivity contribution in [3.8, 4) is 0 Å². The fourth-order valence-corrected chi connectivity index (χ4v) is 1.97. The predicted octanol–water partition coefficient (Wildman–Crippen LogP) is 1.80. The van der Waals surface area contributed by atoms with E-state index in [0.29, 0.717) is 17.7 Å². The molecule has 0 amide bonds. The molecule has 0 saturated carbocycles. The second-order valence-electron chi connectivity index (χ2n) is 3.86. The van der Waals surface area contributed by atoms with Crippen LogP contribution in [0.5, 0.6) is 0 Å². The molecular weight excluding hydrogens is 224 g/mol. The van der Waals surface area contributed by atoms with E-state index in [2.05, 4.69) is 18.8 Å². The summed E-state index contributed by atoms with van der Waals surface area (Å²) in [5.74, 6) is 1.89. The Hall–Kier alpha value is -0.520. The minimum atomic E-state index is -0.0168. The number of hydrogen-bond acceptors (Lipinski definition) is 4. The molecule has 92 valence electrons. The van der Waals surface area contributed by atoms with Gasteiger partial charge >= 0.3 is 0 Å². The van der Waals surface area contributed by atoms with E-state index in [1.807, 2.05) is 29.4 Å². The zero-order chi connectivity index (χ0) is 12.0. The molecule has 0 radical (unpaired) electrons. The van der Waals surface area contributed by atoms with Gasteiger partial charge in [0.15, 0.2) is 0 Å². The standard InChI is InChI=1S/C11H20N2O2S/c1-9(2)16-5-4-15-8-13-6-11(7-14)12-10(13)3/h6,9,14H,4-5,7-8H2,1-3H3. The van der Waals surface area contributed by atoms with Crippen molar-refractivity contribution >= 4 is 11.8 Å². The van der Waals surface area contributed by atoms with Gasteiger partial charge < -0.3 is 14.4 Å². The second-order valence-corrected chi connectivity index (χ2v) is 5.55. The number of imidazole rings is 1. The predicted molar refractivity (Wildman–Crippen MR) is 66.4 cm³/mol. The molecule has 5 heteroatoms. The lowest BCUT2D eigenvalue weighted by molar-refractivity contribution is 0.0883. The highest BCUT2D eigenvalue weighted by Crippen LogP contribution is 2.08. The molecule has 0 fully saturated rings. The average Bonchev–Trinajstić information content (AvgIpc) is 2.59. The Morgan fingerprint density at radius 1 is 1.56 bits per heavy atom. The maximum Gasteiger partial charge on any atom is 0.124 e. The fraction of sp³-hybridized carbons (Fsp3) is 0.727. The number of aliphatic hydroxyl groups excluding tert-OH is 1. The number of aromatic nitrogens is 2. The molecule has 1 aromatic rings. The molecule has 1 rings (SSSR count). The molecule has 0 aliphatic heterocycles. The zero-order valence-corrected chi connectivity index (χ0v) is 11.0. The molecule has 0 saturated heterocycles. The van der Waals surface area contributed by atoms with Gasteiger partial charge in [0.25, 0.3) is 0 Å². The first-order valence-corrected chi connectivity index (χ1v) is 6.51. The van der Waals surface area contributed by atoms with E-state index in [4.69, 9.17) is 9.84 Å². The monoisotopic (exact) mass is 244 g/mol. The van der Waals surface area contributed by atoms with Crippen LogP contribution in [0, 0.1) is 6.92 Å². The van der Waals surface area contributed by atoms with Gasteiger partial charge in [0.05, 0.1) is 18.9 Å². The third-order valence-electron chi connectivity index (χ3n) is 2.10. The Labute approximate surface area is 101 Å². The van der Waals surface area contributed by atoms with Crippen LogP contribution >= 0.6 is 11.8 Å². The molecule has 1 N–H and O–H groups in total. The van der Waals surface area contributed by atoms with Crippen molar-refractivity contribution in [1.82, 2.24) is 9.55 Å². The van der Waals surface area contributed by atoms with Crippen LogP contribution in [0.15, 0.2) is 6.20 Å². The third kappa shape index (κ3) is 4.55. The quantitative estimate of drug-likeness (QED) is 0.743. The summed E-state index contributed by atoms with van der Waals surface area (Å²) >= 11 is 1.89. The van der Waals surface area contributed by atoms with Gasteiger partial charge in [0.1, 0.15) is 12.6 Å². The van der Waals surface area contributed by atoms with E-state index < -0.39 is 0 Å². The van der Waals surface area contributed by atoms with Crippen LogP contribution in [0.25, 0.3) is 0 Å². The van der Waals surface area contributed by atoms with Gasteiger partial charge in [-0.2, -0.15) is 11.8 Å². The lowest BCUT2D eigenvalue weighted by Crippen LogP contribution is -2.06. The van der Waals surface area contributed by atoms with Gasteiger partial charge in [0, 0.05) is 11.9 Å². The Morgan fingerprint density at radius 3 is 2.88 bits per heavy atom. The Morgan fingerprint density at radius 2 is 2.31 bits per heavy atom. The molecule has 0 unspecified atom stereocenters. The molecule has 0 spiro atoms. The Bertz CT molecular complexity index is 313. The zero-order valence-electron chi connectivity index (χ0n) is 10.1. The number of rotatable bonds is 7. The smallest absolute Gasteiger partial charge is 0.124 e. The highest BCUT2D eigenvalue weighted by Gasteiger charge is 2.02. The molecule has 1 aromatic heterocycles. The van der Waals surface area contributed by atoms with Crippen molar-refractivity contribution in [3.63, 3.8) is 0 Å². The van der Waals surface area contributed by atoms with Gasteiger partial charge in [-0.05, 0) is 12.2 Å². The summed E-state index contributed by atoms with van der Waals surface area (Å²) in [5.41, 5.74) is 0.692. The van der Waals surface area contributed by atoms with Crippen LogP contribution in [0.3, 0.4) is 0 Å². The van der Waals surface area contributed by atoms with Crippen LogP contribution in [0.1, 0.15) is 25.4 Å². The van der Waals surface area contributed by atoms with Crippen LogP contribution < -0.4 is 0 Å². The molecule has 1 heterocycles. The van der Waals surface area contributed by atoms with Crippen molar-refractivity contribution in [2.45, 2.75) is 39.4 Å².